The Bertz CT molecular complexity index is 4030. The van der Waals surface area contributed by atoms with Gasteiger partial charge in [-0.1, -0.05) is 24.3 Å². The Morgan fingerprint density at radius 3 is 1.04 bits per heavy atom. The lowest BCUT2D eigenvalue weighted by Crippen LogP contribution is -2.39. The highest BCUT2D eigenvalue weighted by Gasteiger charge is 2.53. The van der Waals surface area contributed by atoms with Gasteiger partial charge in [0.05, 0.1) is 23.9 Å². The Morgan fingerprint density at radius 2 is 0.631 bits per heavy atom. The van der Waals surface area contributed by atoms with Crippen LogP contribution in [0.4, 0.5) is 0 Å². The molecule has 0 bridgehead atoms. The van der Waals surface area contributed by atoms with Crippen LogP contribution in [0.3, 0.4) is 0 Å². The second-order valence-electron chi connectivity index (χ2n) is 21.0. The second kappa shape index (κ2) is 19.7. The summed E-state index contributed by atoms with van der Waals surface area (Å²) in [5.41, 5.74) is -3.74. The molecule has 11 unspecified atom stereocenters. The summed E-state index contributed by atoms with van der Waals surface area (Å²) in [6.45, 7) is 0. The number of rotatable bonds is 7. The molecule has 0 saturated heterocycles. The van der Waals surface area contributed by atoms with Gasteiger partial charge in [-0.25, -0.2) is 0 Å². The summed E-state index contributed by atoms with van der Waals surface area (Å²) in [6.07, 6.45) is -15.3. The minimum absolute atomic E-state index is 0.0112. The van der Waals surface area contributed by atoms with Crippen LogP contribution >= 0.6 is 0 Å². The summed E-state index contributed by atoms with van der Waals surface area (Å²) in [7, 11) is 0. The predicted molar refractivity (Wildman–Crippen MR) is 285 cm³/mol. The van der Waals surface area contributed by atoms with Crippen LogP contribution in [0.25, 0.3) is 0 Å². The van der Waals surface area contributed by atoms with Crippen molar-refractivity contribution < 1.29 is 121 Å². The molecule has 0 aliphatic carbocycles. The number of benzene rings is 8. The number of hydrogen-bond acceptors (Lipinski definition) is 24. The van der Waals surface area contributed by atoms with Gasteiger partial charge in [0.1, 0.15) is 93.4 Å². The van der Waals surface area contributed by atoms with E-state index >= 15 is 0 Å². The van der Waals surface area contributed by atoms with Crippen LogP contribution in [0.1, 0.15) is 103 Å². The molecule has 0 saturated carbocycles. The summed E-state index contributed by atoms with van der Waals surface area (Å²) in [5.74, 6) is -19.3. The highest BCUT2D eigenvalue weighted by molar-refractivity contribution is 5.74. The molecule has 11 atom stereocenters. The number of aromatic hydroxyl groups is 16. The van der Waals surface area contributed by atoms with E-state index in [1.165, 1.54) is 24.3 Å². The third-order valence-corrected chi connectivity index (χ3v) is 16.0. The Kier molecular flexibility index (Phi) is 12.7. The van der Waals surface area contributed by atoms with Crippen LogP contribution in [0.2, 0.25) is 0 Å². The van der Waals surface area contributed by atoms with Crippen LogP contribution < -0.4 is 18.9 Å². The SMILES string of the molecule is Oc1cc(O)c2c(c1)OC(c1ccc(O)c(O)c1)C(O)C2c1c(O)cc(O)c2c1OC(c1ccc(O)c(O)c1)C(O)C2c1c(O)c2c(c(C3c4c(O)cc(O)cc4OC(c4ccc(O)c(O)c4)C3O)c1O)OC(c1ccc(O)c(O)c1)C(O)C2. The van der Waals surface area contributed by atoms with Crippen molar-refractivity contribution in [3.63, 3.8) is 0 Å². The molecule has 4 aliphatic heterocycles. The Morgan fingerprint density at radius 1 is 0.286 bits per heavy atom. The molecule has 0 spiro atoms. The maximum atomic E-state index is 13.5. The molecule has 4 heterocycles. The summed E-state index contributed by atoms with van der Waals surface area (Å²) in [5, 5.41) is 231. The lowest BCUT2D eigenvalue weighted by molar-refractivity contribution is -0.00453. The minimum atomic E-state index is -2.22. The van der Waals surface area contributed by atoms with E-state index in [1.807, 2.05) is 0 Å². The van der Waals surface area contributed by atoms with Gasteiger partial charge in [-0.05, 0) is 70.8 Å². The second-order valence-corrected chi connectivity index (χ2v) is 21.0. The number of aliphatic hydroxyl groups excluding tert-OH is 4. The summed E-state index contributed by atoms with van der Waals surface area (Å²) >= 11 is 0. The van der Waals surface area contributed by atoms with Crippen LogP contribution in [-0.2, 0) is 6.42 Å². The van der Waals surface area contributed by atoms with Crippen molar-refractivity contribution in [1.29, 1.82) is 0 Å². The molecule has 434 valence electrons. The van der Waals surface area contributed by atoms with E-state index in [2.05, 4.69) is 0 Å². The van der Waals surface area contributed by atoms with E-state index in [1.54, 1.807) is 0 Å². The fourth-order valence-corrected chi connectivity index (χ4v) is 12.2. The minimum Gasteiger partial charge on any atom is -0.508 e. The van der Waals surface area contributed by atoms with Gasteiger partial charge in [-0.15, -0.1) is 0 Å². The third-order valence-electron chi connectivity index (χ3n) is 16.0. The molecule has 0 amide bonds. The van der Waals surface area contributed by atoms with Crippen molar-refractivity contribution >= 4 is 0 Å². The lowest BCUT2D eigenvalue weighted by Gasteiger charge is -2.43. The first kappa shape index (κ1) is 54.2. The van der Waals surface area contributed by atoms with Crippen molar-refractivity contribution in [3.8, 4) is 115 Å². The maximum Gasteiger partial charge on any atom is 0.157 e. The van der Waals surface area contributed by atoms with Crippen LogP contribution in [0.5, 0.6) is 115 Å². The summed E-state index contributed by atoms with van der Waals surface area (Å²) in [6, 6.07) is 17.9. The molecule has 0 fully saturated rings. The van der Waals surface area contributed by atoms with E-state index in [9.17, 15) is 102 Å². The third kappa shape index (κ3) is 8.44. The van der Waals surface area contributed by atoms with Crippen molar-refractivity contribution in [1.82, 2.24) is 0 Å². The highest BCUT2D eigenvalue weighted by atomic mass is 16.5. The molecule has 84 heavy (non-hydrogen) atoms. The molecule has 24 nitrogen and oxygen atoms in total. The number of fused-ring (bicyclic) bond motifs is 4. The highest BCUT2D eigenvalue weighted by Crippen LogP contribution is 2.65. The zero-order valence-corrected chi connectivity index (χ0v) is 43.0. The molecular formula is C60H50O24. The molecule has 24 heteroatoms. The van der Waals surface area contributed by atoms with Crippen molar-refractivity contribution in [3.05, 3.63) is 164 Å². The number of aliphatic hydroxyl groups is 4. The van der Waals surface area contributed by atoms with Gasteiger partial charge in [0.15, 0.2) is 64.3 Å². The van der Waals surface area contributed by atoms with Gasteiger partial charge >= 0.3 is 0 Å². The number of phenolic OH excluding ortho intramolecular Hbond substituents is 16. The quantitative estimate of drug-likeness (QED) is 0.0827. The van der Waals surface area contributed by atoms with E-state index in [0.29, 0.717) is 0 Å². The van der Waals surface area contributed by atoms with Gasteiger partial charge in [0.2, 0.25) is 0 Å². The van der Waals surface area contributed by atoms with Gasteiger partial charge in [-0.3, -0.25) is 0 Å². The van der Waals surface area contributed by atoms with Crippen molar-refractivity contribution in [2.24, 2.45) is 0 Å². The van der Waals surface area contributed by atoms with Crippen molar-refractivity contribution in [2.75, 3.05) is 0 Å². The number of ether oxygens (including phenoxy) is 4. The molecule has 12 rings (SSSR count). The molecule has 20 N–H and O–H groups in total. The first-order chi connectivity index (χ1) is 39.9. The maximum absolute atomic E-state index is 13.5. The average Bonchev–Trinajstić information content (AvgIpc) is 1.54. The van der Waals surface area contributed by atoms with Gasteiger partial charge in [-0.2, -0.15) is 0 Å². The van der Waals surface area contributed by atoms with E-state index in [0.717, 1.165) is 78.9 Å². The Hall–Kier alpha value is -10.4. The van der Waals surface area contributed by atoms with Crippen LogP contribution in [0.15, 0.2) is 103 Å². The predicted octanol–water partition coefficient (Wildman–Crippen LogP) is 5.89. The first-order valence-corrected chi connectivity index (χ1v) is 25.7. The standard InChI is InChI=1S/C60H50O24/c61-23-13-34(71)41-39(15-23)81-56(20-2-6-27(64)31(68)10-20)52(78)45(41)43-36(73)18-37(74)44-47(54(80)58(84-60(43)44)22-4-8-29(66)33(70)12-22)48-50(76)25-17-38(75)55(19-1-5-26(63)30(67)9-19)83-59(25)49(51(48)77)46-42-35(72)14-24(62)16-40(42)82-57(53(46)79)21-3-7-28(65)32(69)11-21/h1-16,18,38,45-47,52-58,61-80H,17H2. The van der Waals surface area contributed by atoms with E-state index < -0.39 is 204 Å². The van der Waals surface area contributed by atoms with Crippen LogP contribution in [-0.4, -0.2) is 127 Å². The van der Waals surface area contributed by atoms with Gasteiger partial charge < -0.3 is 121 Å². The Labute approximate surface area is 472 Å². The zero-order chi connectivity index (χ0) is 59.8. The van der Waals surface area contributed by atoms with Gasteiger partial charge in [0, 0.05) is 75.7 Å². The monoisotopic (exact) mass is 1150 g/mol. The lowest BCUT2D eigenvalue weighted by atomic mass is 9.71. The fraction of sp³-hybridized carbons (Fsp3) is 0.200. The van der Waals surface area contributed by atoms with Crippen molar-refractivity contribution in [2.45, 2.75) is 73.0 Å². The topological polar surface area (TPSA) is 442 Å². The van der Waals surface area contributed by atoms with E-state index in [4.69, 9.17) is 18.9 Å². The Balaban J connectivity index is 1.16. The summed E-state index contributed by atoms with van der Waals surface area (Å²) in [4.78, 5) is 0. The smallest absolute Gasteiger partial charge is 0.157 e. The molecule has 4 aliphatic rings. The average molecular weight is 1160 g/mol. The first-order valence-electron chi connectivity index (χ1n) is 25.7. The molecule has 0 radical (unpaired) electrons. The number of phenols is 16. The normalized spacial score (nSPS) is 24.0. The molecule has 0 aromatic heterocycles. The van der Waals surface area contributed by atoms with Crippen LogP contribution in [0, 0.1) is 0 Å². The van der Waals surface area contributed by atoms with E-state index in [-0.39, 0.29) is 44.9 Å². The molecule has 8 aromatic rings. The molecular weight excluding hydrogens is 1100 g/mol. The zero-order valence-electron chi connectivity index (χ0n) is 43.0. The summed E-state index contributed by atoms with van der Waals surface area (Å²) < 4.78 is 25.5. The fourth-order valence-electron chi connectivity index (χ4n) is 12.2. The van der Waals surface area contributed by atoms with Gasteiger partial charge in [0.25, 0.3) is 0 Å². The largest absolute Gasteiger partial charge is 0.508 e. The number of hydrogen-bond donors (Lipinski definition) is 20. The molecule has 8 aromatic carbocycles.